The second-order valence-electron chi connectivity index (χ2n) is 6.79. The van der Waals surface area contributed by atoms with Crippen molar-refractivity contribution in [1.29, 1.82) is 5.26 Å². The van der Waals surface area contributed by atoms with Gasteiger partial charge >= 0.3 is 0 Å². The lowest BCUT2D eigenvalue weighted by Crippen LogP contribution is -2.24. The van der Waals surface area contributed by atoms with Crippen LogP contribution in [0.2, 0.25) is 0 Å². The van der Waals surface area contributed by atoms with E-state index in [9.17, 15) is 17.9 Å². The van der Waals surface area contributed by atoms with Crippen LogP contribution in [0.1, 0.15) is 31.2 Å². The summed E-state index contributed by atoms with van der Waals surface area (Å²) >= 11 is 0. The lowest BCUT2D eigenvalue weighted by molar-refractivity contribution is 0.113. The molecule has 0 aliphatic heterocycles. The number of nitriles is 1. The summed E-state index contributed by atoms with van der Waals surface area (Å²) in [7, 11) is -3.57. The van der Waals surface area contributed by atoms with Crippen LogP contribution in [0.3, 0.4) is 0 Å². The van der Waals surface area contributed by atoms with Gasteiger partial charge in [0, 0.05) is 5.56 Å². The number of hydrogen-bond acceptors (Lipinski definition) is 4. The van der Waals surface area contributed by atoms with Crippen molar-refractivity contribution in [1.82, 2.24) is 0 Å². The third kappa shape index (κ3) is 4.12. The van der Waals surface area contributed by atoms with Crippen molar-refractivity contribution in [3.05, 3.63) is 53.8 Å². The lowest BCUT2D eigenvalue weighted by atomic mass is 9.89. The van der Waals surface area contributed by atoms with Gasteiger partial charge in [-0.1, -0.05) is 18.2 Å². The molecule has 1 fully saturated rings. The summed E-state index contributed by atoms with van der Waals surface area (Å²) < 4.78 is 39.7. The van der Waals surface area contributed by atoms with E-state index in [0.717, 1.165) is 6.07 Å². The molecule has 0 spiro atoms. The smallest absolute Gasteiger partial charge is 0.178 e. The molecule has 0 heterocycles. The van der Waals surface area contributed by atoms with Crippen molar-refractivity contribution in [2.24, 2.45) is 5.92 Å². The summed E-state index contributed by atoms with van der Waals surface area (Å²) in [6.45, 7) is 0. The van der Waals surface area contributed by atoms with Crippen molar-refractivity contribution in [3.63, 3.8) is 0 Å². The average molecular weight is 373 g/mol. The molecule has 136 valence electrons. The van der Waals surface area contributed by atoms with Crippen LogP contribution in [-0.4, -0.2) is 25.4 Å². The van der Waals surface area contributed by atoms with Gasteiger partial charge in [0.25, 0.3) is 0 Å². The number of sulfone groups is 1. The molecular formula is C20H20FNO3S. The molecule has 26 heavy (non-hydrogen) atoms. The monoisotopic (exact) mass is 373 g/mol. The van der Waals surface area contributed by atoms with E-state index in [0.29, 0.717) is 42.4 Å². The summed E-state index contributed by atoms with van der Waals surface area (Å²) in [6.07, 6.45) is 2.25. The van der Waals surface area contributed by atoms with E-state index in [1.54, 1.807) is 24.3 Å². The molecule has 1 aliphatic carbocycles. The van der Waals surface area contributed by atoms with E-state index >= 15 is 0 Å². The topological polar surface area (TPSA) is 78.2 Å². The highest BCUT2D eigenvalue weighted by Gasteiger charge is 2.26. The highest BCUT2D eigenvalue weighted by molar-refractivity contribution is 7.91. The average Bonchev–Trinajstić information content (AvgIpc) is 2.63. The van der Waals surface area contributed by atoms with Crippen LogP contribution in [0.15, 0.2) is 47.4 Å². The molecule has 2 aromatic rings. The van der Waals surface area contributed by atoms with Crippen molar-refractivity contribution >= 4 is 9.84 Å². The molecule has 1 aliphatic rings. The van der Waals surface area contributed by atoms with Crippen LogP contribution in [0.5, 0.6) is 0 Å². The van der Waals surface area contributed by atoms with E-state index in [4.69, 9.17) is 5.26 Å². The van der Waals surface area contributed by atoms with E-state index in [1.165, 1.54) is 12.1 Å². The van der Waals surface area contributed by atoms with Crippen LogP contribution < -0.4 is 0 Å². The van der Waals surface area contributed by atoms with Gasteiger partial charge in [0.15, 0.2) is 9.84 Å². The van der Waals surface area contributed by atoms with Gasteiger partial charge in [-0.25, -0.2) is 12.8 Å². The van der Waals surface area contributed by atoms with Gasteiger partial charge < -0.3 is 5.11 Å². The van der Waals surface area contributed by atoms with Gasteiger partial charge in [-0.3, -0.25) is 0 Å². The van der Waals surface area contributed by atoms with E-state index in [2.05, 4.69) is 0 Å². The van der Waals surface area contributed by atoms with Gasteiger partial charge in [-0.05, 0) is 61.4 Å². The van der Waals surface area contributed by atoms with E-state index < -0.39 is 15.7 Å². The summed E-state index contributed by atoms with van der Waals surface area (Å²) in [6, 6.07) is 12.4. The maximum absolute atomic E-state index is 14.5. The molecule has 1 N–H and O–H groups in total. The zero-order valence-corrected chi connectivity index (χ0v) is 15.0. The summed E-state index contributed by atoms with van der Waals surface area (Å²) in [5.41, 5.74) is 1.37. The van der Waals surface area contributed by atoms with Gasteiger partial charge in [0.1, 0.15) is 5.82 Å². The van der Waals surface area contributed by atoms with Crippen molar-refractivity contribution in [2.45, 2.75) is 36.7 Å². The van der Waals surface area contributed by atoms with E-state index in [-0.39, 0.29) is 22.7 Å². The normalized spacial score (nSPS) is 20.5. The number of aliphatic hydroxyl groups excluding tert-OH is 1. The Bertz CT molecular complexity index is 925. The lowest BCUT2D eigenvalue weighted by Gasteiger charge is -2.25. The van der Waals surface area contributed by atoms with Crippen molar-refractivity contribution < 1.29 is 17.9 Å². The Balaban J connectivity index is 1.80. The van der Waals surface area contributed by atoms with Gasteiger partial charge in [-0.15, -0.1) is 0 Å². The Morgan fingerprint density at radius 2 is 1.73 bits per heavy atom. The van der Waals surface area contributed by atoms with Crippen LogP contribution in [0, 0.1) is 23.1 Å². The predicted molar refractivity (Wildman–Crippen MR) is 96.6 cm³/mol. The predicted octanol–water partition coefficient (Wildman–Crippen LogP) is 3.69. The Morgan fingerprint density at radius 1 is 1.08 bits per heavy atom. The van der Waals surface area contributed by atoms with Crippen LogP contribution >= 0.6 is 0 Å². The number of aliphatic hydroxyl groups is 1. The molecule has 0 atom stereocenters. The third-order valence-corrected chi connectivity index (χ3v) is 6.78. The molecule has 0 amide bonds. The number of rotatable bonds is 4. The SMILES string of the molecule is N#Cc1ccc(-c2ccc(S(=O)(=O)CC3CCC(O)CC3)cc2F)cc1. The van der Waals surface area contributed by atoms with E-state index in [1.807, 2.05) is 6.07 Å². The second-order valence-corrected chi connectivity index (χ2v) is 8.82. The minimum atomic E-state index is -3.57. The number of halogens is 1. The largest absolute Gasteiger partial charge is 0.393 e. The summed E-state index contributed by atoms with van der Waals surface area (Å²) in [5.74, 6) is -0.616. The number of hydrogen-bond donors (Lipinski definition) is 1. The van der Waals surface area contributed by atoms with Crippen LogP contribution in [-0.2, 0) is 9.84 Å². The molecule has 1 saturated carbocycles. The van der Waals surface area contributed by atoms with Gasteiger partial charge in [0.2, 0.25) is 0 Å². The Hall–Kier alpha value is -2.23. The first-order chi connectivity index (χ1) is 12.4. The first-order valence-corrected chi connectivity index (χ1v) is 10.2. The first-order valence-electron chi connectivity index (χ1n) is 8.60. The molecule has 0 aromatic heterocycles. The van der Waals surface area contributed by atoms with Crippen molar-refractivity contribution in [2.75, 3.05) is 5.75 Å². The Morgan fingerprint density at radius 3 is 2.31 bits per heavy atom. The van der Waals surface area contributed by atoms with Gasteiger partial charge in [0.05, 0.1) is 28.4 Å². The zero-order valence-electron chi connectivity index (χ0n) is 14.2. The zero-order chi connectivity index (χ0) is 18.7. The standard InChI is InChI=1S/C20H20FNO3S/c21-20-11-18(26(24,25)13-15-3-7-17(23)8-4-15)9-10-19(20)16-5-1-14(12-22)2-6-16/h1-2,5-6,9-11,15,17,23H,3-4,7-8,13H2. The molecule has 0 bridgehead atoms. The first kappa shape index (κ1) is 18.6. The molecule has 0 saturated heterocycles. The fourth-order valence-corrected chi connectivity index (χ4v) is 5.07. The highest BCUT2D eigenvalue weighted by atomic mass is 32.2. The molecule has 0 radical (unpaired) electrons. The highest BCUT2D eigenvalue weighted by Crippen LogP contribution is 2.30. The van der Waals surface area contributed by atoms with Crippen molar-refractivity contribution in [3.8, 4) is 17.2 Å². The quantitative estimate of drug-likeness (QED) is 0.887. The maximum Gasteiger partial charge on any atom is 0.178 e. The molecule has 3 rings (SSSR count). The summed E-state index contributed by atoms with van der Waals surface area (Å²) in [5, 5.41) is 18.4. The minimum absolute atomic E-state index is 0.00432. The summed E-state index contributed by atoms with van der Waals surface area (Å²) in [4.78, 5) is -0.0153. The maximum atomic E-state index is 14.5. The van der Waals surface area contributed by atoms with Crippen LogP contribution in [0.25, 0.3) is 11.1 Å². The van der Waals surface area contributed by atoms with Crippen LogP contribution in [0.4, 0.5) is 4.39 Å². The number of benzene rings is 2. The molecule has 4 nitrogen and oxygen atoms in total. The molecule has 2 aromatic carbocycles. The Kier molecular flexibility index (Phi) is 5.40. The fourth-order valence-electron chi connectivity index (χ4n) is 3.37. The molecular weight excluding hydrogens is 353 g/mol. The Labute approximate surface area is 152 Å². The van der Waals surface area contributed by atoms with Gasteiger partial charge in [-0.2, -0.15) is 5.26 Å². The number of nitrogens with zero attached hydrogens (tertiary/aromatic N) is 1. The molecule has 6 heteroatoms. The minimum Gasteiger partial charge on any atom is -0.393 e. The molecule has 0 unspecified atom stereocenters. The third-order valence-electron chi connectivity index (χ3n) is 4.90. The second kappa shape index (κ2) is 7.56. The fraction of sp³-hybridized carbons (Fsp3) is 0.350.